The highest BCUT2D eigenvalue weighted by atomic mass is 19.1. The molecule has 3 aromatic carbocycles. The number of aryl methyl sites for hydroxylation is 1. The van der Waals surface area contributed by atoms with Crippen molar-refractivity contribution in [3.63, 3.8) is 0 Å². The molecule has 2 heterocycles. The molecule has 0 N–H and O–H groups in total. The van der Waals surface area contributed by atoms with Gasteiger partial charge in [-0.3, -0.25) is 4.98 Å². The molecule has 2 aliphatic rings. The molecular weight excluding hydrogens is 493 g/mol. The Morgan fingerprint density at radius 1 is 1.18 bits per heavy atom. The van der Waals surface area contributed by atoms with Gasteiger partial charge >= 0.3 is 5.97 Å². The third-order valence-corrected chi connectivity index (χ3v) is 7.59. The lowest BCUT2D eigenvalue weighted by Gasteiger charge is -2.30. The van der Waals surface area contributed by atoms with Crippen LogP contribution in [-0.2, 0) is 20.7 Å². The van der Waals surface area contributed by atoms with Crippen molar-refractivity contribution < 1.29 is 23.4 Å². The third-order valence-electron chi connectivity index (χ3n) is 7.59. The van der Waals surface area contributed by atoms with Crippen molar-refractivity contribution in [3.8, 4) is 16.9 Å². The van der Waals surface area contributed by atoms with Gasteiger partial charge in [0.15, 0.2) is 6.10 Å². The smallest absolute Gasteiger partial charge is 0.339 e. The molecule has 1 atom stereocenters. The summed E-state index contributed by atoms with van der Waals surface area (Å²) in [5, 5.41) is 2.62. The van der Waals surface area contributed by atoms with Crippen molar-refractivity contribution in [3.05, 3.63) is 70.7 Å². The topological polar surface area (TPSA) is 57.7 Å². The van der Waals surface area contributed by atoms with E-state index in [1.165, 1.54) is 0 Å². The predicted octanol–water partition coefficient (Wildman–Crippen LogP) is 7.73. The number of esters is 1. The van der Waals surface area contributed by atoms with Gasteiger partial charge in [-0.05, 0) is 117 Å². The first kappa shape index (κ1) is 25.8. The van der Waals surface area contributed by atoms with Gasteiger partial charge in [0.05, 0.1) is 24.3 Å². The summed E-state index contributed by atoms with van der Waals surface area (Å²) in [6, 6.07) is 11.6. The Labute approximate surface area is 228 Å². The van der Waals surface area contributed by atoms with Crippen molar-refractivity contribution in [1.29, 1.82) is 0 Å². The first-order chi connectivity index (χ1) is 18.7. The van der Waals surface area contributed by atoms with Gasteiger partial charge < -0.3 is 14.2 Å². The van der Waals surface area contributed by atoms with E-state index in [1.54, 1.807) is 13.0 Å². The number of hydrogen-bond acceptors (Lipinski definition) is 5. The van der Waals surface area contributed by atoms with Gasteiger partial charge in [0, 0.05) is 29.1 Å². The van der Waals surface area contributed by atoms with Crippen molar-refractivity contribution in [2.75, 3.05) is 13.2 Å². The largest absolute Gasteiger partial charge is 0.493 e. The summed E-state index contributed by atoms with van der Waals surface area (Å²) in [5.41, 5.74) is 5.17. The Morgan fingerprint density at radius 2 is 1.97 bits per heavy atom. The van der Waals surface area contributed by atoms with Crippen LogP contribution in [0.5, 0.6) is 5.75 Å². The minimum atomic E-state index is -1.00. The molecule has 4 aromatic rings. The molecule has 0 amide bonds. The second kappa shape index (κ2) is 9.60. The van der Waals surface area contributed by atoms with E-state index in [0.29, 0.717) is 12.2 Å². The Hall–Kier alpha value is -3.51. The molecule has 1 saturated carbocycles. The molecule has 1 aromatic heterocycles. The van der Waals surface area contributed by atoms with Crippen LogP contribution in [0.2, 0.25) is 0 Å². The Morgan fingerprint density at radius 3 is 2.69 bits per heavy atom. The van der Waals surface area contributed by atoms with Crippen LogP contribution in [0, 0.1) is 12.7 Å². The van der Waals surface area contributed by atoms with E-state index in [0.717, 1.165) is 74.5 Å². The minimum absolute atomic E-state index is 0.218. The van der Waals surface area contributed by atoms with E-state index in [4.69, 9.17) is 19.2 Å². The first-order valence-corrected chi connectivity index (χ1v) is 13.8. The van der Waals surface area contributed by atoms with Gasteiger partial charge in [0.2, 0.25) is 0 Å². The van der Waals surface area contributed by atoms with Crippen LogP contribution in [0.15, 0.2) is 42.6 Å². The second-order valence-corrected chi connectivity index (χ2v) is 11.6. The maximum Gasteiger partial charge on any atom is 0.339 e. The first-order valence-electron chi connectivity index (χ1n) is 13.8. The molecule has 6 heteroatoms. The van der Waals surface area contributed by atoms with Crippen molar-refractivity contribution in [2.24, 2.45) is 0 Å². The fourth-order valence-electron chi connectivity index (χ4n) is 5.83. The number of pyridine rings is 1. The summed E-state index contributed by atoms with van der Waals surface area (Å²) < 4.78 is 33.6. The fourth-order valence-corrected chi connectivity index (χ4v) is 5.83. The number of carbonyl (C=O) groups is 1. The summed E-state index contributed by atoms with van der Waals surface area (Å²) in [5.74, 6) is 0.375. The van der Waals surface area contributed by atoms with Crippen molar-refractivity contribution in [2.45, 2.75) is 71.5 Å². The molecule has 5 nitrogen and oxygen atoms in total. The second-order valence-electron chi connectivity index (χ2n) is 11.6. The lowest BCUT2D eigenvalue weighted by Crippen LogP contribution is -2.29. The molecule has 202 valence electrons. The van der Waals surface area contributed by atoms with Gasteiger partial charge in [-0.25, -0.2) is 9.18 Å². The number of aromatic nitrogens is 1. The molecule has 0 unspecified atom stereocenters. The zero-order valence-electron chi connectivity index (χ0n) is 23.2. The van der Waals surface area contributed by atoms with Crippen molar-refractivity contribution in [1.82, 2.24) is 4.98 Å². The Bertz CT molecular complexity index is 1610. The van der Waals surface area contributed by atoms with Crippen LogP contribution in [0.3, 0.4) is 0 Å². The van der Waals surface area contributed by atoms with Gasteiger partial charge in [-0.1, -0.05) is 6.07 Å². The van der Waals surface area contributed by atoms with Crippen LogP contribution in [0.1, 0.15) is 74.8 Å². The fraction of sp³-hybridized carbons (Fsp3) is 0.394. The maximum absolute atomic E-state index is 15.6. The van der Waals surface area contributed by atoms with Crippen LogP contribution in [0.25, 0.3) is 32.8 Å². The number of carbonyl (C=O) groups excluding carboxylic acids is 1. The molecule has 1 aliphatic carbocycles. The van der Waals surface area contributed by atoms with Crippen LogP contribution in [-0.4, -0.2) is 29.8 Å². The number of rotatable bonds is 6. The lowest BCUT2D eigenvalue weighted by molar-refractivity contribution is -0.166. The Balaban J connectivity index is 1.72. The quantitative estimate of drug-likeness (QED) is 0.240. The molecule has 39 heavy (non-hydrogen) atoms. The van der Waals surface area contributed by atoms with E-state index in [-0.39, 0.29) is 18.3 Å². The van der Waals surface area contributed by atoms with Gasteiger partial charge in [0.1, 0.15) is 11.6 Å². The summed E-state index contributed by atoms with van der Waals surface area (Å²) in [4.78, 5) is 18.3. The van der Waals surface area contributed by atoms with Crippen molar-refractivity contribution >= 4 is 27.6 Å². The summed E-state index contributed by atoms with van der Waals surface area (Å²) in [7, 11) is 0. The van der Waals surface area contributed by atoms with Gasteiger partial charge in [-0.15, -0.1) is 0 Å². The number of halogens is 1. The van der Waals surface area contributed by atoms with E-state index in [1.807, 2.05) is 64.2 Å². The van der Waals surface area contributed by atoms with E-state index in [2.05, 4.69) is 0 Å². The monoisotopic (exact) mass is 527 g/mol. The van der Waals surface area contributed by atoms with E-state index < -0.39 is 17.7 Å². The molecule has 1 fully saturated rings. The predicted molar refractivity (Wildman–Crippen MR) is 151 cm³/mol. The average Bonchev–Trinajstić information content (AvgIpc) is 3.73. The maximum atomic E-state index is 15.6. The van der Waals surface area contributed by atoms with Gasteiger partial charge in [-0.2, -0.15) is 0 Å². The zero-order valence-corrected chi connectivity index (χ0v) is 23.2. The molecule has 1 aliphatic heterocycles. The number of fused-ring (bicyclic) bond motifs is 1. The highest BCUT2D eigenvalue weighted by Gasteiger charge is 2.34. The number of benzene rings is 3. The minimum Gasteiger partial charge on any atom is -0.493 e. The van der Waals surface area contributed by atoms with Crippen LogP contribution < -0.4 is 4.74 Å². The lowest BCUT2D eigenvalue weighted by atomic mass is 9.85. The van der Waals surface area contributed by atoms with Crippen LogP contribution in [0.4, 0.5) is 4.39 Å². The normalized spacial score (nSPS) is 15.8. The number of nitrogens with zero attached hydrogens (tertiary/aromatic N) is 1. The molecule has 0 bridgehead atoms. The molecule has 0 spiro atoms. The molecule has 0 radical (unpaired) electrons. The highest BCUT2D eigenvalue weighted by Crippen LogP contribution is 2.48. The Kier molecular flexibility index (Phi) is 6.34. The van der Waals surface area contributed by atoms with E-state index >= 15 is 4.39 Å². The van der Waals surface area contributed by atoms with E-state index in [9.17, 15) is 4.79 Å². The zero-order chi connectivity index (χ0) is 27.5. The molecule has 0 saturated heterocycles. The average molecular weight is 528 g/mol. The SMILES string of the molecule is CCOC(=O)[C@@H](OC(C)(C)C)c1c(C)cc2cc(C3CC3)c(F)cc2c1-c1ccc2c3c(ccnc13)CCO2. The highest BCUT2D eigenvalue weighted by molar-refractivity contribution is 6.09. The number of ether oxygens (including phenoxy) is 3. The van der Waals surface area contributed by atoms with Gasteiger partial charge in [0.25, 0.3) is 0 Å². The molecular formula is C33H34FNO4. The third kappa shape index (κ3) is 4.65. The summed E-state index contributed by atoms with van der Waals surface area (Å²) >= 11 is 0. The standard InChI is InChI=1S/C33H34FNO4/c1-6-37-32(36)31(39-33(3,4)5)27-18(2)15-21-16-23(19-7-8-19)25(34)17-24(21)29(27)22-9-10-26-28-20(12-14-38-26)11-13-35-30(22)28/h9-11,13,15-17,19,31H,6-8,12,14H2,1-5H3/t31-/m0/s1. The van der Waals surface area contributed by atoms with Crippen LogP contribution >= 0.6 is 0 Å². The summed E-state index contributed by atoms with van der Waals surface area (Å²) in [6.07, 6.45) is 3.62. The molecule has 6 rings (SSSR count). The summed E-state index contributed by atoms with van der Waals surface area (Å²) in [6.45, 7) is 10.4. The number of hydrogen-bond donors (Lipinski definition) is 0.